The highest BCUT2D eigenvalue weighted by Gasteiger charge is 2.10. The zero-order valence-corrected chi connectivity index (χ0v) is 14.4. The van der Waals surface area contributed by atoms with Gasteiger partial charge in [0.25, 0.3) is 0 Å². The van der Waals surface area contributed by atoms with Crippen LogP contribution in [-0.4, -0.2) is 64.4 Å². The smallest absolute Gasteiger partial charge is 0.319 e. The highest BCUT2D eigenvalue weighted by Crippen LogP contribution is 2.21. The predicted molar refractivity (Wildman–Crippen MR) is 94.4 cm³/mol. The normalized spacial score (nSPS) is 15.3. The Labute approximate surface area is 138 Å². The van der Waals surface area contributed by atoms with Gasteiger partial charge < -0.3 is 20.3 Å². The van der Waals surface area contributed by atoms with E-state index in [0.29, 0.717) is 6.54 Å². The van der Waals surface area contributed by atoms with Gasteiger partial charge in [-0.15, -0.1) is 0 Å². The van der Waals surface area contributed by atoms with Gasteiger partial charge in [-0.2, -0.15) is 0 Å². The Morgan fingerprint density at radius 2 is 2.04 bits per heavy atom. The molecule has 6 heteroatoms. The molecule has 0 spiro atoms. The highest BCUT2D eigenvalue weighted by molar-refractivity contribution is 5.90. The van der Waals surface area contributed by atoms with E-state index in [0.717, 1.165) is 56.2 Å². The monoisotopic (exact) mass is 320 g/mol. The van der Waals surface area contributed by atoms with Crippen molar-refractivity contribution in [3.63, 3.8) is 0 Å². The number of nitrogens with one attached hydrogen (secondary N) is 2. The quantitative estimate of drug-likeness (QED) is 0.786. The van der Waals surface area contributed by atoms with Crippen LogP contribution in [0.15, 0.2) is 18.2 Å². The van der Waals surface area contributed by atoms with Gasteiger partial charge in [0.15, 0.2) is 0 Å². The van der Waals surface area contributed by atoms with E-state index >= 15 is 0 Å². The number of rotatable bonds is 6. The van der Waals surface area contributed by atoms with E-state index in [-0.39, 0.29) is 6.03 Å². The molecule has 1 heterocycles. The second kappa shape index (κ2) is 8.74. The van der Waals surface area contributed by atoms with Crippen molar-refractivity contribution in [2.24, 2.45) is 0 Å². The van der Waals surface area contributed by atoms with Crippen LogP contribution in [-0.2, 0) is 4.74 Å². The molecule has 2 N–H and O–H groups in total. The summed E-state index contributed by atoms with van der Waals surface area (Å²) in [5, 5.41) is 5.83. The molecule has 2 amide bonds. The SMILES string of the molecule is Cc1cc(N(C)C)ccc1NC(=O)NCCCN1CCOCC1. The van der Waals surface area contributed by atoms with Gasteiger partial charge in [-0.3, -0.25) is 4.90 Å². The molecular formula is C17H28N4O2. The number of aryl methyl sites for hydroxylation is 1. The van der Waals surface area contributed by atoms with Crippen LogP contribution >= 0.6 is 0 Å². The molecule has 0 bridgehead atoms. The van der Waals surface area contributed by atoms with E-state index < -0.39 is 0 Å². The molecule has 2 rings (SSSR count). The van der Waals surface area contributed by atoms with Gasteiger partial charge in [0.2, 0.25) is 0 Å². The molecule has 1 aromatic carbocycles. The fourth-order valence-electron chi connectivity index (χ4n) is 2.56. The van der Waals surface area contributed by atoms with Crippen LogP contribution < -0.4 is 15.5 Å². The van der Waals surface area contributed by atoms with E-state index in [4.69, 9.17) is 4.74 Å². The zero-order valence-electron chi connectivity index (χ0n) is 14.4. The molecule has 1 fully saturated rings. The van der Waals surface area contributed by atoms with Crippen molar-refractivity contribution in [2.45, 2.75) is 13.3 Å². The lowest BCUT2D eigenvalue weighted by Gasteiger charge is -2.26. The van der Waals surface area contributed by atoms with Gasteiger partial charge in [0, 0.05) is 45.1 Å². The first-order chi connectivity index (χ1) is 11.1. The molecule has 0 radical (unpaired) electrons. The molecule has 6 nitrogen and oxygen atoms in total. The first kappa shape index (κ1) is 17.6. The number of morpholine rings is 1. The van der Waals surface area contributed by atoms with Crippen LogP contribution in [0, 0.1) is 6.92 Å². The van der Waals surface area contributed by atoms with Gasteiger partial charge in [-0.05, 0) is 43.7 Å². The van der Waals surface area contributed by atoms with Crippen LogP contribution in [0.4, 0.5) is 16.2 Å². The lowest BCUT2D eigenvalue weighted by molar-refractivity contribution is 0.0375. The van der Waals surface area contributed by atoms with Gasteiger partial charge in [-0.1, -0.05) is 0 Å². The van der Waals surface area contributed by atoms with Gasteiger partial charge in [0.05, 0.1) is 13.2 Å². The first-order valence-electron chi connectivity index (χ1n) is 8.19. The van der Waals surface area contributed by atoms with Gasteiger partial charge in [0.1, 0.15) is 0 Å². The molecule has 0 atom stereocenters. The van der Waals surface area contributed by atoms with Crippen LogP contribution in [0.2, 0.25) is 0 Å². The number of hydrogen-bond acceptors (Lipinski definition) is 4. The van der Waals surface area contributed by atoms with Crippen LogP contribution in [0.1, 0.15) is 12.0 Å². The first-order valence-corrected chi connectivity index (χ1v) is 8.19. The molecule has 1 aromatic rings. The second-order valence-electron chi connectivity index (χ2n) is 6.08. The third-order valence-electron chi connectivity index (χ3n) is 4.01. The second-order valence-corrected chi connectivity index (χ2v) is 6.08. The fraction of sp³-hybridized carbons (Fsp3) is 0.588. The fourth-order valence-corrected chi connectivity index (χ4v) is 2.56. The Hall–Kier alpha value is -1.79. The summed E-state index contributed by atoms with van der Waals surface area (Å²) >= 11 is 0. The van der Waals surface area contributed by atoms with Crippen molar-refractivity contribution in [3.05, 3.63) is 23.8 Å². The van der Waals surface area contributed by atoms with Crippen LogP contribution in [0.25, 0.3) is 0 Å². The summed E-state index contributed by atoms with van der Waals surface area (Å²) in [5.74, 6) is 0. The molecule has 1 aliphatic heterocycles. The van der Waals surface area contributed by atoms with Crippen molar-refractivity contribution in [2.75, 3.05) is 63.7 Å². The largest absolute Gasteiger partial charge is 0.379 e. The maximum Gasteiger partial charge on any atom is 0.319 e. The summed E-state index contributed by atoms with van der Waals surface area (Å²) in [6, 6.07) is 5.86. The molecule has 1 saturated heterocycles. The minimum atomic E-state index is -0.146. The van der Waals surface area contributed by atoms with E-state index in [1.807, 2.05) is 38.1 Å². The average Bonchev–Trinajstić information content (AvgIpc) is 2.54. The van der Waals surface area contributed by atoms with E-state index in [1.165, 1.54) is 0 Å². The maximum atomic E-state index is 12.0. The average molecular weight is 320 g/mol. The van der Waals surface area contributed by atoms with Crippen molar-refractivity contribution >= 4 is 17.4 Å². The van der Waals surface area contributed by atoms with Crippen LogP contribution in [0.3, 0.4) is 0 Å². The summed E-state index contributed by atoms with van der Waals surface area (Å²) in [5.41, 5.74) is 3.03. The number of hydrogen-bond donors (Lipinski definition) is 2. The Kier molecular flexibility index (Phi) is 6.67. The Morgan fingerprint density at radius 1 is 1.30 bits per heavy atom. The summed E-state index contributed by atoms with van der Waals surface area (Å²) in [6.07, 6.45) is 0.950. The topological polar surface area (TPSA) is 56.8 Å². The number of urea groups is 1. The van der Waals surface area contributed by atoms with Gasteiger partial charge in [-0.25, -0.2) is 4.79 Å². The number of nitrogens with zero attached hydrogens (tertiary/aromatic N) is 2. The van der Waals surface area contributed by atoms with E-state index in [1.54, 1.807) is 0 Å². The molecule has 0 unspecified atom stereocenters. The minimum absolute atomic E-state index is 0.146. The lowest BCUT2D eigenvalue weighted by atomic mass is 10.1. The summed E-state index contributed by atoms with van der Waals surface area (Å²) < 4.78 is 5.32. The van der Waals surface area contributed by atoms with Crippen molar-refractivity contribution in [3.8, 4) is 0 Å². The third-order valence-corrected chi connectivity index (χ3v) is 4.01. The Morgan fingerprint density at radius 3 is 2.70 bits per heavy atom. The zero-order chi connectivity index (χ0) is 16.7. The number of carbonyl (C=O) groups excluding carboxylic acids is 1. The molecule has 0 aromatic heterocycles. The number of benzene rings is 1. The Bertz CT molecular complexity index is 513. The number of ether oxygens (including phenoxy) is 1. The molecule has 1 aliphatic rings. The predicted octanol–water partition coefficient (Wildman–Crippen LogP) is 1.90. The highest BCUT2D eigenvalue weighted by atomic mass is 16.5. The molecule has 0 saturated carbocycles. The van der Waals surface area contributed by atoms with E-state index in [9.17, 15) is 4.79 Å². The van der Waals surface area contributed by atoms with Gasteiger partial charge >= 0.3 is 6.03 Å². The number of anilines is 2. The van der Waals surface area contributed by atoms with E-state index in [2.05, 4.69) is 21.6 Å². The summed E-state index contributed by atoms with van der Waals surface area (Å²) in [7, 11) is 4.01. The van der Waals surface area contributed by atoms with Crippen LogP contribution in [0.5, 0.6) is 0 Å². The van der Waals surface area contributed by atoms with Crippen molar-refractivity contribution in [1.29, 1.82) is 0 Å². The molecule has 0 aliphatic carbocycles. The molecule has 128 valence electrons. The standard InChI is InChI=1S/C17H28N4O2/c1-14-13-15(20(2)3)5-6-16(14)19-17(22)18-7-4-8-21-9-11-23-12-10-21/h5-6,13H,4,7-12H2,1-3H3,(H2,18,19,22). The maximum absolute atomic E-state index is 12.0. The molecule has 23 heavy (non-hydrogen) atoms. The van der Waals surface area contributed by atoms with Crippen molar-refractivity contribution in [1.82, 2.24) is 10.2 Å². The third kappa shape index (κ3) is 5.73. The summed E-state index contributed by atoms with van der Waals surface area (Å²) in [6.45, 7) is 7.29. The number of carbonyl (C=O) groups is 1. The Balaban J connectivity index is 1.70. The lowest BCUT2D eigenvalue weighted by Crippen LogP contribution is -2.38. The van der Waals surface area contributed by atoms with Crippen molar-refractivity contribution < 1.29 is 9.53 Å². The number of amides is 2. The molecular weight excluding hydrogens is 292 g/mol. The summed E-state index contributed by atoms with van der Waals surface area (Å²) in [4.78, 5) is 16.4. The minimum Gasteiger partial charge on any atom is -0.379 e.